The van der Waals surface area contributed by atoms with E-state index < -0.39 is 9.84 Å². The number of rotatable bonds is 8. The van der Waals surface area contributed by atoms with Crippen molar-refractivity contribution in [2.45, 2.75) is 42.5 Å². The second kappa shape index (κ2) is 9.07. The van der Waals surface area contributed by atoms with E-state index in [1.807, 2.05) is 12.4 Å². The third-order valence-electron chi connectivity index (χ3n) is 6.66. The summed E-state index contributed by atoms with van der Waals surface area (Å²) in [7, 11) is -3.43. The van der Waals surface area contributed by atoms with Crippen LogP contribution in [0.1, 0.15) is 48.0 Å². The molecule has 0 aromatic carbocycles. The number of carbonyl (C=O) groups is 1. The maximum atomic E-state index is 12.7. The third-order valence-corrected chi connectivity index (χ3v) is 7.99. The molecule has 0 aliphatic heterocycles. The summed E-state index contributed by atoms with van der Waals surface area (Å²) in [6, 6.07) is 6.89. The van der Waals surface area contributed by atoms with E-state index in [4.69, 9.17) is 11.6 Å². The summed E-state index contributed by atoms with van der Waals surface area (Å²) >= 11 is 6.04. The Morgan fingerprint density at radius 3 is 2.70 bits per heavy atom. The van der Waals surface area contributed by atoms with Crippen LogP contribution < -0.4 is 10.6 Å². The van der Waals surface area contributed by atoms with Crippen molar-refractivity contribution in [2.24, 2.45) is 5.92 Å². The van der Waals surface area contributed by atoms with Gasteiger partial charge in [0.2, 0.25) is 5.91 Å². The Morgan fingerprint density at radius 2 is 1.95 bits per heavy atom. The van der Waals surface area contributed by atoms with E-state index in [-0.39, 0.29) is 22.6 Å². The Balaban J connectivity index is 1.13. The fraction of sp³-hybridized carbons (Fsp3) is 0.320. The van der Waals surface area contributed by atoms with Crippen molar-refractivity contribution in [3.63, 3.8) is 0 Å². The van der Waals surface area contributed by atoms with E-state index in [1.165, 1.54) is 12.6 Å². The van der Waals surface area contributed by atoms with Gasteiger partial charge in [-0.05, 0) is 48.9 Å². The molecule has 190 valence electrons. The monoisotopic (exact) mass is 537 g/mol. The highest BCUT2D eigenvalue weighted by Crippen LogP contribution is 2.47. The molecule has 4 aromatic rings. The molecule has 2 aliphatic carbocycles. The molecule has 0 unspecified atom stereocenters. The molecule has 2 aliphatic rings. The first-order valence-corrected chi connectivity index (χ1v) is 14.2. The highest BCUT2D eigenvalue weighted by atomic mass is 35.5. The van der Waals surface area contributed by atoms with Gasteiger partial charge in [-0.15, -0.1) is 0 Å². The number of amides is 1. The number of hydrogen-bond donors (Lipinski definition) is 2. The molecule has 1 amide bonds. The van der Waals surface area contributed by atoms with E-state index >= 15 is 0 Å². The van der Waals surface area contributed by atoms with Gasteiger partial charge in [0, 0.05) is 53.5 Å². The van der Waals surface area contributed by atoms with Crippen molar-refractivity contribution in [1.82, 2.24) is 24.3 Å². The van der Waals surface area contributed by atoms with Crippen molar-refractivity contribution < 1.29 is 13.2 Å². The number of nitrogens with zero attached hydrogens (tertiary/aromatic N) is 5. The van der Waals surface area contributed by atoms with Gasteiger partial charge in [0.25, 0.3) is 0 Å². The Bertz CT molecular complexity index is 1630. The highest BCUT2D eigenvalue weighted by Gasteiger charge is 2.45. The number of halogens is 1. The topological polar surface area (TPSA) is 131 Å². The molecular weight excluding hydrogens is 514 g/mol. The van der Waals surface area contributed by atoms with Crippen LogP contribution in [-0.2, 0) is 21.2 Å². The predicted octanol–water partition coefficient (Wildman–Crippen LogP) is 3.81. The number of pyridine rings is 2. The summed E-state index contributed by atoms with van der Waals surface area (Å²) in [6.07, 6.45) is 10.9. The number of anilines is 2. The summed E-state index contributed by atoms with van der Waals surface area (Å²) in [5.41, 5.74) is 2.91. The van der Waals surface area contributed by atoms with E-state index in [9.17, 15) is 13.2 Å². The normalized spacial score (nSPS) is 19.1. The zero-order valence-electron chi connectivity index (χ0n) is 19.9. The number of hydrogen-bond acceptors (Lipinski definition) is 8. The van der Waals surface area contributed by atoms with Crippen molar-refractivity contribution in [3.8, 4) is 0 Å². The van der Waals surface area contributed by atoms with Gasteiger partial charge < -0.3 is 15.0 Å². The minimum Gasteiger partial charge on any atom is -0.364 e. The van der Waals surface area contributed by atoms with E-state index in [1.54, 1.807) is 34.9 Å². The molecule has 4 aromatic heterocycles. The summed E-state index contributed by atoms with van der Waals surface area (Å²) in [5.74, 6) is 1.04. The molecule has 37 heavy (non-hydrogen) atoms. The van der Waals surface area contributed by atoms with Crippen LogP contribution in [0.4, 0.5) is 11.6 Å². The maximum Gasteiger partial charge on any atom is 0.229 e. The quantitative estimate of drug-likeness (QED) is 0.347. The lowest BCUT2D eigenvalue weighted by atomic mass is 10.2. The van der Waals surface area contributed by atoms with E-state index in [2.05, 4.69) is 30.6 Å². The number of imidazole rings is 1. The summed E-state index contributed by atoms with van der Waals surface area (Å²) in [5, 5.41) is 6.63. The van der Waals surface area contributed by atoms with Crippen LogP contribution in [0.3, 0.4) is 0 Å². The van der Waals surface area contributed by atoms with Crippen LogP contribution in [0.15, 0.2) is 54.1 Å². The van der Waals surface area contributed by atoms with Crippen LogP contribution in [0, 0.1) is 5.92 Å². The van der Waals surface area contributed by atoms with Gasteiger partial charge in [-0.3, -0.25) is 9.78 Å². The van der Waals surface area contributed by atoms with Gasteiger partial charge in [0.1, 0.15) is 22.9 Å². The van der Waals surface area contributed by atoms with Gasteiger partial charge in [0.05, 0.1) is 12.2 Å². The molecule has 0 saturated heterocycles. The molecule has 2 atom stereocenters. The van der Waals surface area contributed by atoms with Gasteiger partial charge in [-0.25, -0.2) is 23.4 Å². The second-order valence-corrected chi connectivity index (χ2v) is 12.0. The minimum absolute atomic E-state index is 0.0467. The Morgan fingerprint density at radius 1 is 1.14 bits per heavy atom. The standard InChI is InChI=1S/C25H24ClN7O3S/c1-37(35,36)21-6-15(14-2-3-14)11-33-12-17(31-24(21)33)10-28-22-9-23(30-13-29-22)32-25(34)19-8-18(19)20-7-16(26)4-5-27-20/h4-7,9,11-14,18-19H,2-3,8,10H2,1H3,(H2,28,29,30,32,34)/t18-,19-/m0/s1. The Kier molecular flexibility index (Phi) is 5.84. The van der Waals surface area contributed by atoms with Gasteiger partial charge in [0.15, 0.2) is 15.5 Å². The van der Waals surface area contributed by atoms with Crippen LogP contribution in [0.25, 0.3) is 5.65 Å². The average Bonchev–Trinajstić information content (AvgIpc) is 3.78. The number of carbonyl (C=O) groups excluding carboxylic acids is 1. The zero-order valence-corrected chi connectivity index (χ0v) is 21.5. The predicted molar refractivity (Wildman–Crippen MR) is 138 cm³/mol. The fourth-order valence-electron chi connectivity index (χ4n) is 4.49. The van der Waals surface area contributed by atoms with Crippen LogP contribution in [0.5, 0.6) is 0 Å². The lowest BCUT2D eigenvalue weighted by molar-refractivity contribution is -0.117. The summed E-state index contributed by atoms with van der Waals surface area (Å²) in [6.45, 7) is 0.319. The smallest absolute Gasteiger partial charge is 0.229 e. The first-order valence-electron chi connectivity index (χ1n) is 11.9. The molecule has 10 nitrogen and oxygen atoms in total. The number of fused-ring (bicyclic) bond motifs is 1. The van der Waals surface area contributed by atoms with Crippen molar-refractivity contribution in [2.75, 3.05) is 16.9 Å². The first kappa shape index (κ1) is 23.8. The molecule has 0 spiro atoms. The van der Waals surface area contributed by atoms with Crippen LogP contribution >= 0.6 is 11.6 Å². The second-order valence-electron chi connectivity index (χ2n) is 9.63. The van der Waals surface area contributed by atoms with Crippen molar-refractivity contribution in [3.05, 3.63) is 71.2 Å². The summed E-state index contributed by atoms with van der Waals surface area (Å²) < 4.78 is 26.6. The molecule has 0 radical (unpaired) electrons. The zero-order chi connectivity index (χ0) is 25.7. The van der Waals surface area contributed by atoms with Crippen LogP contribution in [0.2, 0.25) is 5.02 Å². The Hall–Kier alpha value is -3.57. The third kappa shape index (κ3) is 5.14. The average molecular weight is 538 g/mol. The number of aromatic nitrogens is 5. The van der Waals surface area contributed by atoms with E-state index in [0.717, 1.165) is 24.1 Å². The molecule has 2 N–H and O–H groups in total. The molecule has 12 heteroatoms. The van der Waals surface area contributed by atoms with Gasteiger partial charge >= 0.3 is 0 Å². The van der Waals surface area contributed by atoms with Crippen LogP contribution in [-0.4, -0.2) is 44.9 Å². The maximum absolute atomic E-state index is 12.7. The van der Waals surface area contributed by atoms with Crippen molar-refractivity contribution >= 4 is 44.6 Å². The summed E-state index contributed by atoms with van der Waals surface area (Å²) in [4.78, 5) is 30.2. The number of sulfone groups is 1. The highest BCUT2D eigenvalue weighted by molar-refractivity contribution is 7.91. The molecule has 4 heterocycles. The molecule has 2 fully saturated rings. The molecular formula is C25H24ClN7O3S. The SMILES string of the molecule is CS(=O)(=O)c1cc(C2CC2)cn2cc(CNc3cc(NC(=O)[C@H]4C[C@@H]4c4cc(Cl)ccn4)ncn3)nc12. The lowest BCUT2D eigenvalue weighted by Crippen LogP contribution is -2.16. The Labute approximate surface area is 218 Å². The van der Waals surface area contributed by atoms with Gasteiger partial charge in [-0.2, -0.15) is 0 Å². The van der Waals surface area contributed by atoms with E-state index in [0.29, 0.717) is 46.9 Å². The molecule has 6 rings (SSSR count). The van der Waals surface area contributed by atoms with Crippen molar-refractivity contribution in [1.29, 1.82) is 0 Å². The number of nitrogens with one attached hydrogen (secondary N) is 2. The largest absolute Gasteiger partial charge is 0.364 e. The minimum atomic E-state index is -3.43. The van der Waals surface area contributed by atoms with Gasteiger partial charge in [-0.1, -0.05) is 11.6 Å². The lowest BCUT2D eigenvalue weighted by Gasteiger charge is -2.07. The first-order chi connectivity index (χ1) is 17.7. The molecule has 0 bridgehead atoms. The molecule has 2 saturated carbocycles. The fourth-order valence-corrected chi connectivity index (χ4v) is 5.50.